The highest BCUT2D eigenvalue weighted by atomic mass is 16.3. The van der Waals surface area contributed by atoms with Gasteiger partial charge in [0.05, 0.1) is 5.60 Å². The Bertz CT molecular complexity index is 203. The van der Waals surface area contributed by atoms with Gasteiger partial charge < -0.3 is 10.4 Å². The van der Waals surface area contributed by atoms with Crippen LogP contribution in [0.1, 0.15) is 71.1 Å². The Morgan fingerprint density at radius 2 is 1.35 bits per heavy atom. The normalized spacial score (nSPS) is 27.9. The van der Waals surface area contributed by atoms with Crippen LogP contribution in [0.15, 0.2) is 0 Å². The van der Waals surface area contributed by atoms with Crippen molar-refractivity contribution in [3.63, 3.8) is 0 Å². The van der Waals surface area contributed by atoms with Crippen molar-refractivity contribution in [1.82, 2.24) is 5.32 Å². The summed E-state index contributed by atoms with van der Waals surface area (Å²) in [5.41, 5.74) is 0.0898. The molecule has 2 N–H and O–H groups in total. The Balaban J connectivity index is 1.70. The van der Waals surface area contributed by atoms with Gasteiger partial charge in [0, 0.05) is 13.1 Å². The van der Waals surface area contributed by atoms with Gasteiger partial charge >= 0.3 is 0 Å². The molecule has 2 aliphatic carbocycles. The average molecular weight is 239 g/mol. The summed E-state index contributed by atoms with van der Waals surface area (Å²) in [7, 11) is 0. The number of nitrogens with one attached hydrogen (secondary N) is 1. The summed E-state index contributed by atoms with van der Waals surface area (Å²) in [5, 5.41) is 14.0. The lowest BCUT2D eigenvalue weighted by Crippen LogP contribution is -2.45. The lowest BCUT2D eigenvalue weighted by Gasteiger charge is -2.37. The van der Waals surface area contributed by atoms with E-state index in [4.69, 9.17) is 0 Å². The summed E-state index contributed by atoms with van der Waals surface area (Å²) < 4.78 is 0. The van der Waals surface area contributed by atoms with Crippen molar-refractivity contribution in [2.24, 2.45) is 5.41 Å². The van der Waals surface area contributed by atoms with Crippen molar-refractivity contribution in [2.45, 2.75) is 76.7 Å². The Hall–Kier alpha value is -0.0800. The zero-order valence-corrected chi connectivity index (χ0v) is 11.4. The minimum absolute atomic E-state index is 0.400. The first-order chi connectivity index (χ1) is 8.12. The first kappa shape index (κ1) is 13.4. The molecule has 17 heavy (non-hydrogen) atoms. The van der Waals surface area contributed by atoms with Crippen molar-refractivity contribution < 1.29 is 5.11 Å². The van der Waals surface area contributed by atoms with Crippen LogP contribution in [-0.2, 0) is 0 Å². The van der Waals surface area contributed by atoms with E-state index < -0.39 is 5.60 Å². The molecule has 0 spiro atoms. The molecule has 0 unspecified atom stereocenters. The molecule has 100 valence electrons. The Kier molecular flexibility index (Phi) is 4.48. The molecular formula is C15H29NO. The van der Waals surface area contributed by atoms with E-state index in [-0.39, 0.29) is 0 Å². The van der Waals surface area contributed by atoms with E-state index in [1.165, 1.54) is 51.4 Å². The van der Waals surface area contributed by atoms with Crippen LogP contribution >= 0.6 is 0 Å². The fourth-order valence-corrected chi connectivity index (χ4v) is 3.57. The van der Waals surface area contributed by atoms with Crippen LogP contribution in [0.2, 0.25) is 0 Å². The molecule has 0 atom stereocenters. The van der Waals surface area contributed by atoms with Gasteiger partial charge in [-0.05, 0) is 31.1 Å². The van der Waals surface area contributed by atoms with E-state index in [0.29, 0.717) is 5.41 Å². The molecule has 2 fully saturated rings. The van der Waals surface area contributed by atoms with Gasteiger partial charge in [0.25, 0.3) is 0 Å². The topological polar surface area (TPSA) is 32.3 Å². The maximum Gasteiger partial charge on any atom is 0.0771 e. The second kappa shape index (κ2) is 5.71. The molecule has 2 aliphatic rings. The molecule has 2 nitrogen and oxygen atoms in total. The van der Waals surface area contributed by atoms with E-state index in [0.717, 1.165) is 25.9 Å². The van der Waals surface area contributed by atoms with E-state index >= 15 is 0 Å². The van der Waals surface area contributed by atoms with Crippen LogP contribution in [0.4, 0.5) is 0 Å². The predicted octanol–water partition coefficient (Wildman–Crippen LogP) is 3.24. The van der Waals surface area contributed by atoms with Gasteiger partial charge in [-0.25, -0.2) is 0 Å². The Labute approximate surface area is 106 Å². The first-order valence-electron chi connectivity index (χ1n) is 7.55. The van der Waals surface area contributed by atoms with Gasteiger partial charge in [-0.1, -0.05) is 45.4 Å². The molecule has 2 heteroatoms. The zero-order chi connectivity index (χ0) is 12.2. The summed E-state index contributed by atoms with van der Waals surface area (Å²) in [5.74, 6) is 0. The maximum atomic E-state index is 10.4. The molecule has 0 aromatic carbocycles. The maximum absolute atomic E-state index is 10.4. The third kappa shape index (κ3) is 3.96. The highest BCUT2D eigenvalue weighted by molar-refractivity contribution is 4.87. The van der Waals surface area contributed by atoms with Gasteiger partial charge in [-0.2, -0.15) is 0 Å². The van der Waals surface area contributed by atoms with Crippen LogP contribution in [0.25, 0.3) is 0 Å². The van der Waals surface area contributed by atoms with Crippen molar-refractivity contribution in [2.75, 3.05) is 13.1 Å². The zero-order valence-electron chi connectivity index (χ0n) is 11.4. The molecule has 2 rings (SSSR count). The minimum Gasteiger partial charge on any atom is -0.389 e. The highest BCUT2D eigenvalue weighted by Crippen LogP contribution is 2.35. The summed E-state index contributed by atoms with van der Waals surface area (Å²) in [6.07, 6.45) is 12.6. The Morgan fingerprint density at radius 3 is 1.94 bits per heavy atom. The molecule has 0 aromatic rings. The van der Waals surface area contributed by atoms with Gasteiger partial charge in [-0.15, -0.1) is 0 Å². The van der Waals surface area contributed by atoms with E-state index in [1.807, 2.05) is 0 Å². The Morgan fingerprint density at radius 1 is 0.824 bits per heavy atom. The van der Waals surface area contributed by atoms with Crippen molar-refractivity contribution >= 4 is 0 Å². The molecule has 2 saturated carbocycles. The van der Waals surface area contributed by atoms with Gasteiger partial charge in [-0.3, -0.25) is 0 Å². The fraction of sp³-hybridized carbons (Fsp3) is 1.00. The molecule has 0 aromatic heterocycles. The molecule has 0 radical (unpaired) electrons. The van der Waals surface area contributed by atoms with Crippen LogP contribution in [0.5, 0.6) is 0 Å². The second-order valence-electron chi connectivity index (χ2n) is 6.76. The van der Waals surface area contributed by atoms with Crippen molar-refractivity contribution in [3.8, 4) is 0 Å². The summed E-state index contributed by atoms with van der Waals surface area (Å²) in [6.45, 7) is 4.31. The van der Waals surface area contributed by atoms with Gasteiger partial charge in [0.1, 0.15) is 0 Å². The van der Waals surface area contributed by atoms with Crippen LogP contribution in [-0.4, -0.2) is 23.8 Å². The average Bonchev–Trinajstić information content (AvgIpc) is 2.30. The van der Waals surface area contributed by atoms with Crippen molar-refractivity contribution in [3.05, 3.63) is 0 Å². The standard InChI is InChI=1S/C15H29NO/c1-14(8-4-2-5-9-14)12-16-13-15(17)10-6-3-7-11-15/h16-17H,2-13H2,1H3. The molecule has 0 bridgehead atoms. The third-order valence-corrected chi connectivity index (χ3v) is 4.85. The van der Waals surface area contributed by atoms with E-state index in [9.17, 15) is 5.11 Å². The molecule has 0 aliphatic heterocycles. The number of aliphatic hydroxyl groups is 1. The summed E-state index contributed by atoms with van der Waals surface area (Å²) in [6, 6.07) is 0. The van der Waals surface area contributed by atoms with Gasteiger partial charge in [0.15, 0.2) is 0 Å². The predicted molar refractivity (Wildman–Crippen MR) is 72.1 cm³/mol. The largest absolute Gasteiger partial charge is 0.389 e. The number of hydrogen-bond donors (Lipinski definition) is 2. The summed E-state index contributed by atoms with van der Waals surface area (Å²) in [4.78, 5) is 0. The highest BCUT2D eigenvalue weighted by Gasteiger charge is 2.31. The third-order valence-electron chi connectivity index (χ3n) is 4.85. The molecule has 0 heterocycles. The smallest absolute Gasteiger partial charge is 0.0771 e. The first-order valence-corrected chi connectivity index (χ1v) is 7.55. The second-order valence-corrected chi connectivity index (χ2v) is 6.76. The number of rotatable bonds is 4. The fourth-order valence-electron chi connectivity index (χ4n) is 3.57. The lowest BCUT2D eigenvalue weighted by molar-refractivity contribution is 0.00223. The lowest BCUT2D eigenvalue weighted by atomic mass is 9.75. The summed E-state index contributed by atoms with van der Waals surface area (Å²) >= 11 is 0. The van der Waals surface area contributed by atoms with Crippen molar-refractivity contribution in [1.29, 1.82) is 0 Å². The van der Waals surface area contributed by atoms with E-state index in [2.05, 4.69) is 12.2 Å². The van der Waals surface area contributed by atoms with Gasteiger partial charge in [0.2, 0.25) is 0 Å². The monoisotopic (exact) mass is 239 g/mol. The SMILES string of the molecule is CC1(CNCC2(O)CCCCC2)CCCCC1. The van der Waals surface area contributed by atoms with Crippen LogP contribution in [0.3, 0.4) is 0 Å². The quantitative estimate of drug-likeness (QED) is 0.789. The number of hydrogen-bond acceptors (Lipinski definition) is 2. The van der Waals surface area contributed by atoms with Crippen LogP contribution < -0.4 is 5.32 Å². The molecule has 0 saturated heterocycles. The minimum atomic E-state index is -0.400. The molecular weight excluding hydrogens is 210 g/mol. The van der Waals surface area contributed by atoms with Crippen LogP contribution in [0, 0.1) is 5.41 Å². The molecule has 0 amide bonds. The van der Waals surface area contributed by atoms with E-state index in [1.54, 1.807) is 0 Å².